The fourth-order valence-electron chi connectivity index (χ4n) is 3.53. The molecular weight excluding hydrogens is 358 g/mol. The minimum absolute atomic E-state index is 0.0960. The van der Waals surface area contributed by atoms with Crippen LogP contribution in [-0.2, 0) is 23.9 Å². The zero-order valence-electron chi connectivity index (χ0n) is 17.7. The quantitative estimate of drug-likeness (QED) is 0.185. The van der Waals surface area contributed by atoms with Crippen LogP contribution in [-0.4, -0.2) is 36.6 Å². The molecule has 0 spiro atoms. The highest BCUT2D eigenvalue weighted by Crippen LogP contribution is 2.32. The molecule has 1 amide bonds. The lowest BCUT2D eigenvalue weighted by atomic mass is 9.86. The lowest BCUT2D eigenvalue weighted by Gasteiger charge is -2.37. The van der Waals surface area contributed by atoms with E-state index in [1.165, 1.54) is 6.42 Å². The first-order valence-electron chi connectivity index (χ1n) is 10.6. The Hall–Kier alpha value is -1.85. The standard InChI is InChI=1S/C22H37NO5/c1-5-7-9-10-12-18-20(28-21(18)25)14-17(11-8-6-2)27-22(26)19(23-15-24)13-16(3)4/h6,15-20H,2,5,7-14H2,1,3-4H3,(H,23,24)/t17?,18-,19?,20-/m0/s1. The van der Waals surface area contributed by atoms with Crippen LogP contribution in [0.2, 0.25) is 0 Å². The van der Waals surface area contributed by atoms with Crippen molar-refractivity contribution in [3.63, 3.8) is 0 Å². The fraction of sp³-hybridized carbons (Fsp3) is 0.773. The molecule has 160 valence electrons. The van der Waals surface area contributed by atoms with E-state index in [0.29, 0.717) is 32.1 Å². The van der Waals surface area contributed by atoms with E-state index in [-0.39, 0.29) is 30.0 Å². The molecule has 28 heavy (non-hydrogen) atoms. The summed E-state index contributed by atoms with van der Waals surface area (Å²) >= 11 is 0. The Labute approximate surface area is 169 Å². The van der Waals surface area contributed by atoms with Crippen molar-refractivity contribution in [2.45, 2.75) is 96.8 Å². The largest absolute Gasteiger partial charge is 0.461 e. The Morgan fingerprint density at radius 2 is 2.07 bits per heavy atom. The SMILES string of the molecule is C=CCCC(C[C@@H]1OC(=O)[C@H]1CCCCCC)OC(=O)C(CC(C)C)NC=O. The minimum Gasteiger partial charge on any atom is -0.461 e. The Bertz CT molecular complexity index is 505. The molecule has 6 heteroatoms. The number of ether oxygens (including phenoxy) is 2. The maximum Gasteiger partial charge on any atom is 0.328 e. The zero-order chi connectivity index (χ0) is 20.9. The summed E-state index contributed by atoms with van der Waals surface area (Å²) in [5.41, 5.74) is 0. The molecule has 1 N–H and O–H groups in total. The minimum atomic E-state index is -0.655. The van der Waals surface area contributed by atoms with Gasteiger partial charge in [0.1, 0.15) is 18.2 Å². The molecule has 0 aromatic heterocycles. The van der Waals surface area contributed by atoms with Gasteiger partial charge in [0, 0.05) is 6.42 Å². The molecule has 0 radical (unpaired) electrons. The number of rotatable bonds is 16. The van der Waals surface area contributed by atoms with Gasteiger partial charge < -0.3 is 14.8 Å². The van der Waals surface area contributed by atoms with Crippen LogP contribution in [0.15, 0.2) is 12.7 Å². The lowest BCUT2D eigenvalue weighted by Crippen LogP contribution is -2.48. The van der Waals surface area contributed by atoms with Crippen LogP contribution in [0, 0.1) is 11.8 Å². The third-order valence-electron chi connectivity index (χ3n) is 5.12. The van der Waals surface area contributed by atoms with Crippen LogP contribution in [0.4, 0.5) is 0 Å². The summed E-state index contributed by atoms with van der Waals surface area (Å²) in [5.74, 6) is -0.423. The molecule has 1 rings (SSSR count). The van der Waals surface area contributed by atoms with E-state index in [1.807, 2.05) is 13.8 Å². The number of carbonyl (C=O) groups is 3. The van der Waals surface area contributed by atoms with E-state index in [0.717, 1.165) is 25.7 Å². The molecular formula is C22H37NO5. The molecule has 1 fully saturated rings. The maximum atomic E-state index is 12.5. The van der Waals surface area contributed by atoms with Gasteiger partial charge in [-0.05, 0) is 31.6 Å². The second-order valence-corrected chi connectivity index (χ2v) is 8.06. The van der Waals surface area contributed by atoms with Gasteiger partial charge in [-0.1, -0.05) is 52.5 Å². The number of hydrogen-bond donors (Lipinski definition) is 1. The number of carbonyl (C=O) groups excluding carboxylic acids is 3. The van der Waals surface area contributed by atoms with Crippen molar-refractivity contribution in [1.82, 2.24) is 5.32 Å². The van der Waals surface area contributed by atoms with Crippen LogP contribution in [0.25, 0.3) is 0 Å². The van der Waals surface area contributed by atoms with Gasteiger partial charge in [0.05, 0.1) is 5.92 Å². The number of allylic oxidation sites excluding steroid dienone is 1. The summed E-state index contributed by atoms with van der Waals surface area (Å²) in [6.07, 6.45) is 9.41. The van der Waals surface area contributed by atoms with Crippen LogP contribution >= 0.6 is 0 Å². The predicted octanol–water partition coefficient (Wildman–Crippen LogP) is 3.93. The first kappa shape index (κ1) is 24.2. The van der Waals surface area contributed by atoms with Crippen molar-refractivity contribution >= 4 is 18.3 Å². The highest BCUT2D eigenvalue weighted by molar-refractivity contribution is 5.79. The van der Waals surface area contributed by atoms with E-state index in [9.17, 15) is 14.4 Å². The van der Waals surface area contributed by atoms with Gasteiger partial charge in [-0.25, -0.2) is 4.79 Å². The normalized spacial score (nSPS) is 20.6. The number of nitrogens with one attached hydrogen (secondary N) is 1. The second-order valence-electron chi connectivity index (χ2n) is 8.06. The van der Waals surface area contributed by atoms with Gasteiger partial charge in [0.25, 0.3) is 0 Å². The molecule has 4 atom stereocenters. The van der Waals surface area contributed by atoms with Gasteiger partial charge in [-0.3, -0.25) is 9.59 Å². The number of cyclic esters (lactones) is 1. The summed E-state index contributed by atoms with van der Waals surface area (Å²) in [4.78, 5) is 35.2. The summed E-state index contributed by atoms with van der Waals surface area (Å²) in [6.45, 7) is 9.86. The Morgan fingerprint density at radius 3 is 2.64 bits per heavy atom. The molecule has 2 unspecified atom stereocenters. The van der Waals surface area contributed by atoms with Crippen molar-refractivity contribution in [3.8, 4) is 0 Å². The predicted molar refractivity (Wildman–Crippen MR) is 108 cm³/mol. The van der Waals surface area contributed by atoms with Crippen molar-refractivity contribution in [1.29, 1.82) is 0 Å². The first-order valence-corrected chi connectivity index (χ1v) is 10.6. The molecule has 1 aliphatic heterocycles. The van der Waals surface area contributed by atoms with Crippen molar-refractivity contribution in [2.75, 3.05) is 0 Å². The molecule has 6 nitrogen and oxygen atoms in total. The van der Waals surface area contributed by atoms with Gasteiger partial charge >= 0.3 is 11.9 Å². The number of esters is 2. The van der Waals surface area contributed by atoms with E-state index >= 15 is 0 Å². The Kier molecular flexibility index (Phi) is 11.5. The van der Waals surface area contributed by atoms with Crippen LogP contribution in [0.5, 0.6) is 0 Å². The topological polar surface area (TPSA) is 81.7 Å². The van der Waals surface area contributed by atoms with E-state index in [2.05, 4.69) is 18.8 Å². The molecule has 0 aromatic rings. The average molecular weight is 396 g/mol. The van der Waals surface area contributed by atoms with Crippen LogP contribution in [0.3, 0.4) is 0 Å². The smallest absolute Gasteiger partial charge is 0.328 e. The summed E-state index contributed by atoms with van der Waals surface area (Å²) in [7, 11) is 0. The molecule has 1 heterocycles. The molecule has 0 saturated carbocycles. The number of unbranched alkanes of at least 4 members (excludes halogenated alkanes) is 3. The molecule has 1 aliphatic rings. The molecule has 1 saturated heterocycles. The van der Waals surface area contributed by atoms with Crippen LogP contribution in [0.1, 0.15) is 78.6 Å². The van der Waals surface area contributed by atoms with Crippen molar-refractivity contribution in [2.24, 2.45) is 11.8 Å². The maximum absolute atomic E-state index is 12.5. The summed E-state index contributed by atoms with van der Waals surface area (Å²) < 4.78 is 11.0. The first-order chi connectivity index (χ1) is 13.4. The summed E-state index contributed by atoms with van der Waals surface area (Å²) in [6, 6.07) is -0.655. The zero-order valence-corrected chi connectivity index (χ0v) is 17.7. The van der Waals surface area contributed by atoms with Gasteiger partial charge in [0.15, 0.2) is 0 Å². The van der Waals surface area contributed by atoms with Crippen molar-refractivity contribution in [3.05, 3.63) is 12.7 Å². The highest BCUT2D eigenvalue weighted by atomic mass is 16.6. The number of hydrogen-bond acceptors (Lipinski definition) is 5. The third-order valence-corrected chi connectivity index (χ3v) is 5.12. The van der Waals surface area contributed by atoms with Crippen molar-refractivity contribution < 1.29 is 23.9 Å². The average Bonchev–Trinajstić information content (AvgIpc) is 2.64. The molecule has 0 aliphatic carbocycles. The van der Waals surface area contributed by atoms with Gasteiger partial charge in [-0.2, -0.15) is 0 Å². The Balaban J connectivity index is 2.63. The highest BCUT2D eigenvalue weighted by Gasteiger charge is 2.43. The molecule has 0 aromatic carbocycles. The fourth-order valence-corrected chi connectivity index (χ4v) is 3.53. The van der Waals surface area contributed by atoms with Gasteiger partial charge in [-0.15, -0.1) is 6.58 Å². The number of amides is 1. The van der Waals surface area contributed by atoms with Gasteiger partial charge in [0.2, 0.25) is 6.41 Å². The monoisotopic (exact) mass is 395 g/mol. The van der Waals surface area contributed by atoms with E-state index < -0.39 is 12.0 Å². The second kappa shape index (κ2) is 13.3. The van der Waals surface area contributed by atoms with E-state index in [1.54, 1.807) is 6.08 Å². The Morgan fingerprint density at radius 1 is 1.32 bits per heavy atom. The molecule has 0 bridgehead atoms. The van der Waals surface area contributed by atoms with Crippen LogP contribution < -0.4 is 5.32 Å². The third kappa shape index (κ3) is 8.44. The van der Waals surface area contributed by atoms with E-state index in [4.69, 9.17) is 9.47 Å². The lowest BCUT2D eigenvalue weighted by molar-refractivity contribution is -0.190. The summed E-state index contributed by atoms with van der Waals surface area (Å²) in [5, 5.41) is 2.55.